The number of carbonyl (C=O) groups is 3. The summed E-state index contributed by atoms with van der Waals surface area (Å²) in [6, 6.07) is 61.1. The Hall–Kier alpha value is -17.9. The molecule has 660 valence electrons. The summed E-state index contributed by atoms with van der Waals surface area (Å²) in [5.41, 5.74) is 35.7. The van der Waals surface area contributed by atoms with Crippen molar-refractivity contribution in [3.63, 3.8) is 0 Å². The highest BCUT2D eigenvalue weighted by molar-refractivity contribution is 6.03. The Morgan fingerprint density at radius 1 is 0.425 bits per heavy atom. The van der Waals surface area contributed by atoms with E-state index in [0.29, 0.717) is 85.0 Å². The number of piperidine rings is 1. The highest BCUT2D eigenvalue weighted by Crippen LogP contribution is 2.36. The summed E-state index contributed by atoms with van der Waals surface area (Å²) >= 11 is 0. The van der Waals surface area contributed by atoms with Gasteiger partial charge in [0, 0.05) is 112 Å². The van der Waals surface area contributed by atoms with E-state index in [1.54, 1.807) is 36.9 Å². The van der Waals surface area contributed by atoms with Crippen molar-refractivity contribution in [3.05, 3.63) is 271 Å². The SMILES string of the molecule is CCNCc1cncc(-c2cnc3n[nH]c(-c4nc5ccccc5[nH]4)c3c2)c1C.NC(=O)c1cnc2n[nH]c(-c3nc4ccccc4[nH]3)c2c1.Nc1nccc(-c2cnc3n[nH]c(-c4nc5ccccc5[nH]4)c3c2)n1.O=C(NC1CCN(Cc2ccccc2)CC1)c1cnc2n[nH]c(-c3nc4ccccc4[nH]3)c2c1.O=C(c1cnc2n[nH]c(-c3nc4ccccc4[nH]3)c2c1)N1CCCC1. The van der Waals surface area contributed by atoms with Gasteiger partial charge in [-0.25, -0.2) is 59.8 Å². The number of pyridine rings is 6. The summed E-state index contributed by atoms with van der Waals surface area (Å²) in [6.07, 6.45) is 17.6. The number of para-hydroxylation sites is 10. The normalized spacial score (nSPS) is 13.0. The van der Waals surface area contributed by atoms with Gasteiger partial charge in [0.25, 0.3) is 11.8 Å². The molecular weight excluding hydrogens is 1690 g/mol. The second-order valence-electron chi connectivity index (χ2n) is 32.4. The molecule has 2 saturated heterocycles. The van der Waals surface area contributed by atoms with Crippen molar-refractivity contribution in [2.75, 3.05) is 38.5 Å². The van der Waals surface area contributed by atoms with Crippen LogP contribution >= 0.6 is 0 Å². The maximum atomic E-state index is 13.0. The van der Waals surface area contributed by atoms with Crippen molar-refractivity contribution >= 4 is 134 Å². The standard InChI is InChI=1S/C26H25N7O.C22H21N7.C18H16N6O.C17H12N8.C14H10N6O/c34-26(28-19-10-12-33(13-11-19)16-17-6-2-1-3-7-17)18-14-20-23(31-32-24(20)27-15-18)25-29-21-8-4-5-9-22(21)30-25;1-3-23-9-15-10-24-12-17(13(15)2)14-8-16-20(28-29-21(16)25-11-14)22-26-18-6-4-5-7-19(18)27-22;25-18(24-7-3-4-8-24)11-9-12-15(22-23-16(12)19-10-11)17-20-13-5-1-2-6-14(13)21-17;18-17-19-6-5-11(23-17)9-7-10-14(24-25-15(10)20-8-9)16-21-12-3-1-2-4-13(12)22-16;15-12(21)7-5-8-11(19-20-13(8)16-6-7)14-17-9-3-1-2-4-10(9)18-14/h1-9,14-15,19H,10-13,16H2,(H,28,34)(H,29,30)(H,27,31,32);4-8,10-12,23H,3,9H2,1-2H3,(H,26,27)(H,25,28,29);1-2,5-6,9-10H,3-4,7-8H2,(H,20,21)(H,19,22,23);1-8H,(H,21,22)(H2,18,19,23)(H,20,24,25);1-6H,(H2,15,21)(H,17,18)(H,16,19,20). The summed E-state index contributed by atoms with van der Waals surface area (Å²) in [4.78, 5) is 115. The number of likely N-dealkylation sites (tertiary alicyclic amines) is 2. The van der Waals surface area contributed by atoms with Crippen LogP contribution in [0, 0.1) is 6.92 Å². The van der Waals surface area contributed by atoms with Crippen molar-refractivity contribution < 1.29 is 14.4 Å². The summed E-state index contributed by atoms with van der Waals surface area (Å²) in [6.45, 7) is 10.5. The third kappa shape index (κ3) is 17.1. The van der Waals surface area contributed by atoms with E-state index < -0.39 is 5.91 Å². The van der Waals surface area contributed by atoms with E-state index in [-0.39, 0.29) is 23.8 Å². The number of rotatable bonds is 16. The van der Waals surface area contributed by atoms with Gasteiger partial charge in [-0.3, -0.25) is 49.8 Å². The zero-order valence-electron chi connectivity index (χ0n) is 72.2. The van der Waals surface area contributed by atoms with Crippen molar-refractivity contribution in [3.8, 4) is 80.0 Å². The highest BCUT2D eigenvalue weighted by Gasteiger charge is 2.27. The molecule has 2 aliphatic heterocycles. The third-order valence-electron chi connectivity index (χ3n) is 23.7. The van der Waals surface area contributed by atoms with Crippen LogP contribution in [0.4, 0.5) is 5.95 Å². The maximum absolute atomic E-state index is 13.0. The van der Waals surface area contributed by atoms with Gasteiger partial charge in [0.1, 0.15) is 28.5 Å². The number of H-pyrrole nitrogens is 10. The Balaban J connectivity index is 0.000000101. The number of imidazole rings is 5. The molecule has 37 nitrogen and oxygen atoms in total. The van der Waals surface area contributed by atoms with Gasteiger partial charge < -0.3 is 51.9 Å². The van der Waals surface area contributed by atoms with Crippen molar-refractivity contribution in [1.82, 2.24) is 161 Å². The lowest BCUT2D eigenvalue weighted by atomic mass is 9.99. The molecule has 3 amide bonds. The van der Waals surface area contributed by atoms with Gasteiger partial charge in [-0.1, -0.05) is 97.9 Å². The summed E-state index contributed by atoms with van der Waals surface area (Å²) in [5, 5.41) is 46.9. The number of hydrogen-bond donors (Lipinski definition) is 14. The number of hydrogen-bond acceptors (Lipinski definition) is 24. The molecule has 0 aliphatic carbocycles. The molecular formula is C97H84N34O3. The Morgan fingerprint density at radius 3 is 1.26 bits per heavy atom. The molecule has 25 rings (SSSR count). The number of aromatic amines is 10. The number of amides is 3. The molecule has 134 heavy (non-hydrogen) atoms. The molecule has 0 bridgehead atoms. The first-order valence-corrected chi connectivity index (χ1v) is 43.6. The van der Waals surface area contributed by atoms with Gasteiger partial charge in [0.2, 0.25) is 11.9 Å². The molecule has 0 saturated carbocycles. The lowest BCUT2D eigenvalue weighted by Crippen LogP contribution is -2.44. The molecule has 0 unspecified atom stereocenters. The van der Waals surface area contributed by atoms with Gasteiger partial charge in [-0.15, -0.1) is 0 Å². The number of nitrogens with one attached hydrogen (secondary N) is 12. The van der Waals surface area contributed by atoms with Crippen molar-refractivity contribution in [2.24, 2.45) is 5.73 Å². The number of nitrogens with two attached hydrogens (primary N) is 2. The fourth-order valence-corrected chi connectivity index (χ4v) is 16.7. The number of nitrogens with zero attached hydrogens (tertiary/aromatic N) is 20. The monoisotopic (exact) mass is 1770 g/mol. The minimum Gasteiger partial charge on any atom is -0.368 e. The van der Waals surface area contributed by atoms with Gasteiger partial charge >= 0.3 is 0 Å². The number of fused-ring (bicyclic) bond motifs is 10. The summed E-state index contributed by atoms with van der Waals surface area (Å²) in [7, 11) is 0. The van der Waals surface area contributed by atoms with Crippen LogP contribution in [0.5, 0.6) is 0 Å². The van der Waals surface area contributed by atoms with Crippen LogP contribution in [0.1, 0.15) is 80.4 Å². The molecule has 0 atom stereocenters. The highest BCUT2D eigenvalue weighted by atomic mass is 16.2. The molecule has 16 N–H and O–H groups in total. The van der Waals surface area contributed by atoms with E-state index in [1.165, 1.54) is 22.9 Å². The zero-order valence-corrected chi connectivity index (χ0v) is 72.2. The van der Waals surface area contributed by atoms with E-state index in [2.05, 4.69) is 195 Å². The van der Waals surface area contributed by atoms with Crippen LogP contribution in [0.15, 0.2) is 238 Å². The van der Waals surface area contributed by atoms with Gasteiger partial charge in [0.15, 0.2) is 57.4 Å². The van der Waals surface area contributed by atoms with Crippen LogP contribution in [0.25, 0.3) is 190 Å². The summed E-state index contributed by atoms with van der Waals surface area (Å²) in [5.74, 6) is 3.10. The van der Waals surface area contributed by atoms with Crippen LogP contribution in [0.3, 0.4) is 0 Å². The molecule has 0 spiro atoms. The van der Waals surface area contributed by atoms with Crippen LogP contribution in [0.2, 0.25) is 0 Å². The van der Waals surface area contributed by atoms with Gasteiger partial charge in [-0.05, 0) is 153 Å². The lowest BCUT2D eigenvalue weighted by molar-refractivity contribution is 0.0791. The Labute approximate surface area is 759 Å². The van der Waals surface area contributed by atoms with E-state index in [0.717, 1.165) is 193 Å². The number of primary amides is 1. The molecule has 0 radical (unpaired) electrons. The Morgan fingerprint density at radius 2 is 0.821 bits per heavy atom. The van der Waals surface area contributed by atoms with E-state index in [9.17, 15) is 14.4 Å². The molecule has 2 aliphatic rings. The molecule has 37 heteroatoms. The molecule has 2 fully saturated rings. The number of anilines is 1. The van der Waals surface area contributed by atoms with E-state index in [1.807, 2.05) is 169 Å². The first-order chi connectivity index (χ1) is 65.8. The quantitative estimate of drug-likeness (QED) is 0.0427. The predicted octanol–water partition coefficient (Wildman–Crippen LogP) is 14.8. The average Bonchev–Trinajstić information content (AvgIpc) is 1.63. The number of aromatic nitrogens is 28. The fraction of sp³-hybridized carbons (Fsp3) is 0.144. The third-order valence-corrected chi connectivity index (χ3v) is 23.7. The van der Waals surface area contributed by atoms with Crippen LogP contribution < -0.4 is 22.1 Å². The minimum atomic E-state index is -0.527. The largest absolute Gasteiger partial charge is 0.368 e. The van der Waals surface area contributed by atoms with Crippen LogP contribution in [-0.2, 0) is 13.1 Å². The fourth-order valence-electron chi connectivity index (χ4n) is 16.7. The Bertz CT molecular complexity index is 8120. The first-order valence-electron chi connectivity index (χ1n) is 43.6. The Kier molecular flexibility index (Phi) is 22.5. The smallest absolute Gasteiger partial charge is 0.255 e. The molecule has 23 aromatic rings. The lowest BCUT2D eigenvalue weighted by Gasteiger charge is -2.32. The number of carbonyl (C=O) groups excluding carboxylic acids is 3. The molecule has 19 heterocycles. The number of nitrogen functional groups attached to an aromatic ring is 1. The van der Waals surface area contributed by atoms with Gasteiger partial charge in [-0.2, -0.15) is 25.5 Å². The number of benzene rings is 6. The van der Waals surface area contributed by atoms with Crippen LogP contribution in [-0.4, -0.2) is 207 Å². The average molecular weight is 1770 g/mol. The second kappa shape index (κ2) is 36.3. The van der Waals surface area contributed by atoms with E-state index >= 15 is 0 Å². The minimum absolute atomic E-state index is 0.0312. The summed E-state index contributed by atoms with van der Waals surface area (Å²) < 4.78 is 0. The molecule has 17 aromatic heterocycles. The predicted molar refractivity (Wildman–Crippen MR) is 512 cm³/mol. The maximum Gasteiger partial charge on any atom is 0.255 e. The van der Waals surface area contributed by atoms with Crippen molar-refractivity contribution in [2.45, 2.75) is 58.7 Å². The molecule has 6 aromatic carbocycles. The van der Waals surface area contributed by atoms with Crippen molar-refractivity contribution in [1.29, 1.82) is 0 Å². The first kappa shape index (κ1) is 83.1. The second-order valence-corrected chi connectivity index (χ2v) is 32.4. The topological polar surface area (TPSA) is 524 Å². The van der Waals surface area contributed by atoms with E-state index in [4.69, 9.17) is 16.5 Å². The zero-order chi connectivity index (χ0) is 90.7. The van der Waals surface area contributed by atoms with Gasteiger partial charge in [0.05, 0.1) is 104 Å².